The first-order valence-corrected chi connectivity index (χ1v) is 15.6. The van der Waals surface area contributed by atoms with Crippen molar-refractivity contribution in [3.8, 4) is 6.07 Å². The second-order valence-corrected chi connectivity index (χ2v) is 11.5. The average molecular weight is 645 g/mol. The summed E-state index contributed by atoms with van der Waals surface area (Å²) >= 11 is 0. The van der Waals surface area contributed by atoms with E-state index in [0.717, 1.165) is 5.56 Å². The van der Waals surface area contributed by atoms with Crippen molar-refractivity contribution in [3.05, 3.63) is 125 Å². The van der Waals surface area contributed by atoms with Crippen molar-refractivity contribution in [2.45, 2.75) is 25.8 Å². The molecule has 244 valence electrons. The number of anilines is 3. The van der Waals surface area contributed by atoms with Crippen molar-refractivity contribution in [1.82, 2.24) is 10.2 Å². The molecule has 1 aliphatic rings. The Labute approximate surface area is 278 Å². The molecule has 11 nitrogen and oxygen atoms in total. The van der Waals surface area contributed by atoms with Gasteiger partial charge < -0.3 is 30.9 Å². The molecule has 0 aromatic heterocycles. The summed E-state index contributed by atoms with van der Waals surface area (Å²) in [6.45, 7) is 3.93. The number of para-hydroxylation sites is 1. The number of carbonyl (C=O) groups is 4. The number of carboxylic acid groups (broad SMARTS) is 1. The maximum Gasteiger partial charge on any atom is 0.323 e. The number of aliphatic carboxylic acids is 1. The van der Waals surface area contributed by atoms with E-state index in [4.69, 9.17) is 5.26 Å². The van der Waals surface area contributed by atoms with Crippen LogP contribution in [0, 0.1) is 18.3 Å². The average Bonchev–Trinajstić information content (AvgIpc) is 3.34. The lowest BCUT2D eigenvalue weighted by atomic mass is 10.0. The van der Waals surface area contributed by atoms with E-state index in [1.54, 1.807) is 83.8 Å². The van der Waals surface area contributed by atoms with Crippen LogP contribution in [0.4, 0.5) is 21.9 Å². The van der Waals surface area contributed by atoms with Crippen LogP contribution in [0.3, 0.4) is 0 Å². The molecule has 1 fully saturated rings. The number of carbonyl (C=O) groups excluding carboxylic acids is 3. The van der Waals surface area contributed by atoms with E-state index in [9.17, 15) is 24.3 Å². The third-order valence-corrected chi connectivity index (χ3v) is 8.09. The normalized spacial score (nSPS) is 13.4. The van der Waals surface area contributed by atoms with Crippen LogP contribution in [0.15, 0.2) is 97.1 Å². The van der Waals surface area contributed by atoms with Gasteiger partial charge in [0.25, 0.3) is 11.8 Å². The van der Waals surface area contributed by atoms with Crippen LogP contribution in [0.2, 0.25) is 0 Å². The summed E-state index contributed by atoms with van der Waals surface area (Å²) in [7, 11) is 0. The topological polar surface area (TPSA) is 155 Å². The fraction of sp³-hybridized carbons (Fsp3) is 0.216. The minimum absolute atomic E-state index is 0.126. The summed E-state index contributed by atoms with van der Waals surface area (Å²) < 4.78 is 0. The van der Waals surface area contributed by atoms with Crippen molar-refractivity contribution in [2.75, 3.05) is 41.7 Å². The summed E-state index contributed by atoms with van der Waals surface area (Å²) in [6.07, 6.45) is 0.357. The van der Waals surface area contributed by atoms with Crippen molar-refractivity contribution in [3.63, 3.8) is 0 Å². The minimum Gasteiger partial charge on any atom is -0.481 e. The van der Waals surface area contributed by atoms with Gasteiger partial charge in [-0.1, -0.05) is 48.0 Å². The molecular formula is C37H36N6O5. The summed E-state index contributed by atoms with van der Waals surface area (Å²) in [6, 6.07) is 28.6. The second-order valence-electron chi connectivity index (χ2n) is 11.5. The lowest BCUT2D eigenvalue weighted by Crippen LogP contribution is -2.35. The third kappa shape index (κ3) is 8.55. The molecule has 11 heteroatoms. The molecule has 0 bridgehead atoms. The number of carboxylic acids is 1. The number of urea groups is 1. The van der Waals surface area contributed by atoms with Gasteiger partial charge in [0.1, 0.15) is 0 Å². The standard InChI is InChI=1S/C37H36N6O5/c1-25-8-12-27(13-9-25)31(23-34(44)45)40-35(46)29-16-17-33(32(22-29)41-37(48)39-30-6-3-2-4-7-30)42-18-5-19-43(21-20-42)36(47)28-14-10-26(24-38)11-15-28/h2-4,6-17,22,31H,5,18-21,23H2,1H3,(H,40,46)(H,44,45)(H2,39,41,48). The predicted octanol–water partition coefficient (Wildman–Crippen LogP) is 5.81. The SMILES string of the molecule is Cc1ccc(C(CC(=O)O)NC(=O)c2ccc(N3CCCN(C(=O)c4ccc(C#N)cc4)CC3)c(NC(=O)Nc3ccccc3)c2)cc1. The summed E-state index contributed by atoms with van der Waals surface area (Å²) in [5, 5.41) is 27.2. The molecule has 1 atom stereocenters. The summed E-state index contributed by atoms with van der Waals surface area (Å²) in [5.41, 5.74) is 4.54. The zero-order valence-corrected chi connectivity index (χ0v) is 26.5. The van der Waals surface area contributed by atoms with Crippen LogP contribution < -0.4 is 20.9 Å². The van der Waals surface area contributed by atoms with Crippen molar-refractivity contribution >= 4 is 40.9 Å². The van der Waals surface area contributed by atoms with Crippen LogP contribution in [-0.2, 0) is 4.79 Å². The zero-order chi connectivity index (χ0) is 34.0. The van der Waals surface area contributed by atoms with E-state index in [1.165, 1.54) is 0 Å². The van der Waals surface area contributed by atoms with Gasteiger partial charge in [0.15, 0.2) is 0 Å². The fourth-order valence-corrected chi connectivity index (χ4v) is 5.56. The number of hydrogen-bond donors (Lipinski definition) is 4. The minimum atomic E-state index is -1.05. The van der Waals surface area contributed by atoms with Crippen LogP contribution in [0.25, 0.3) is 0 Å². The molecule has 4 aromatic carbocycles. The van der Waals surface area contributed by atoms with E-state index in [1.807, 2.05) is 25.1 Å². The number of amides is 4. The first kappa shape index (κ1) is 33.2. The fourth-order valence-electron chi connectivity index (χ4n) is 5.56. The number of aryl methyl sites for hydroxylation is 1. The molecule has 0 saturated carbocycles. The first-order chi connectivity index (χ1) is 23.2. The lowest BCUT2D eigenvalue weighted by Gasteiger charge is -2.27. The van der Waals surface area contributed by atoms with Crippen LogP contribution >= 0.6 is 0 Å². The zero-order valence-electron chi connectivity index (χ0n) is 26.5. The Morgan fingerprint density at radius 2 is 1.54 bits per heavy atom. The molecule has 0 spiro atoms. The number of benzene rings is 4. The Bertz CT molecular complexity index is 1820. The number of nitriles is 1. The van der Waals surface area contributed by atoms with E-state index >= 15 is 0 Å². The Hall–Kier alpha value is -6.15. The van der Waals surface area contributed by atoms with Gasteiger partial charge >= 0.3 is 12.0 Å². The van der Waals surface area contributed by atoms with Crippen molar-refractivity contribution in [2.24, 2.45) is 0 Å². The molecule has 1 heterocycles. The largest absolute Gasteiger partial charge is 0.481 e. The third-order valence-electron chi connectivity index (χ3n) is 8.09. The Kier molecular flexibility index (Phi) is 10.7. The van der Waals surface area contributed by atoms with E-state index in [-0.39, 0.29) is 17.9 Å². The smallest absolute Gasteiger partial charge is 0.323 e. The Balaban J connectivity index is 1.38. The highest BCUT2D eigenvalue weighted by Gasteiger charge is 2.24. The molecule has 48 heavy (non-hydrogen) atoms. The molecule has 4 aromatic rings. The van der Waals surface area contributed by atoms with Crippen LogP contribution in [0.1, 0.15) is 56.3 Å². The van der Waals surface area contributed by atoms with Crippen molar-refractivity contribution in [1.29, 1.82) is 5.26 Å². The van der Waals surface area contributed by atoms with E-state index in [0.29, 0.717) is 66.4 Å². The van der Waals surface area contributed by atoms with Gasteiger partial charge in [0.05, 0.1) is 35.5 Å². The van der Waals surface area contributed by atoms with Gasteiger partial charge in [0.2, 0.25) is 0 Å². The van der Waals surface area contributed by atoms with E-state index in [2.05, 4.69) is 26.9 Å². The molecule has 0 aliphatic carbocycles. The van der Waals surface area contributed by atoms with Gasteiger partial charge in [0, 0.05) is 43.0 Å². The maximum atomic E-state index is 13.5. The van der Waals surface area contributed by atoms with Gasteiger partial charge in [-0.2, -0.15) is 5.26 Å². The van der Waals surface area contributed by atoms with Crippen LogP contribution in [0.5, 0.6) is 0 Å². The number of nitrogens with one attached hydrogen (secondary N) is 3. The van der Waals surface area contributed by atoms with Gasteiger partial charge in [-0.05, 0) is 73.5 Å². The number of rotatable bonds is 9. The van der Waals surface area contributed by atoms with Crippen molar-refractivity contribution < 1.29 is 24.3 Å². The highest BCUT2D eigenvalue weighted by atomic mass is 16.4. The summed E-state index contributed by atoms with van der Waals surface area (Å²) in [4.78, 5) is 55.4. The summed E-state index contributed by atoms with van der Waals surface area (Å²) in [5.74, 6) is -1.67. The second kappa shape index (κ2) is 15.4. The Morgan fingerprint density at radius 1 is 0.833 bits per heavy atom. The molecule has 1 saturated heterocycles. The Morgan fingerprint density at radius 3 is 2.23 bits per heavy atom. The highest BCUT2D eigenvalue weighted by molar-refractivity contribution is 6.04. The quantitative estimate of drug-likeness (QED) is 0.179. The van der Waals surface area contributed by atoms with Crippen LogP contribution in [-0.4, -0.2) is 60.0 Å². The first-order valence-electron chi connectivity index (χ1n) is 15.6. The molecule has 5 rings (SSSR count). The molecule has 4 N–H and O–H groups in total. The highest BCUT2D eigenvalue weighted by Crippen LogP contribution is 2.30. The predicted molar refractivity (Wildman–Crippen MR) is 183 cm³/mol. The monoisotopic (exact) mass is 644 g/mol. The van der Waals surface area contributed by atoms with Gasteiger partial charge in [-0.15, -0.1) is 0 Å². The number of hydrogen-bond acceptors (Lipinski definition) is 6. The maximum absolute atomic E-state index is 13.5. The van der Waals surface area contributed by atoms with Gasteiger partial charge in [-0.3, -0.25) is 14.4 Å². The molecule has 1 aliphatic heterocycles. The number of nitrogens with zero attached hydrogens (tertiary/aromatic N) is 3. The molecular weight excluding hydrogens is 608 g/mol. The molecule has 4 amide bonds. The molecule has 1 unspecified atom stereocenters. The van der Waals surface area contributed by atoms with Gasteiger partial charge in [-0.25, -0.2) is 4.79 Å². The molecule has 0 radical (unpaired) electrons. The van der Waals surface area contributed by atoms with E-state index < -0.39 is 23.9 Å². The lowest BCUT2D eigenvalue weighted by molar-refractivity contribution is -0.137.